The third-order valence-electron chi connectivity index (χ3n) is 3.75. The van der Waals surface area contributed by atoms with Gasteiger partial charge >= 0.3 is 0 Å². The Morgan fingerprint density at radius 2 is 2.26 bits per heavy atom. The molecule has 1 aromatic rings. The van der Waals surface area contributed by atoms with Crippen molar-refractivity contribution in [2.24, 2.45) is 0 Å². The Kier molecular flexibility index (Phi) is 2.96. The van der Waals surface area contributed by atoms with Crippen LogP contribution in [0.15, 0.2) is 12.3 Å². The van der Waals surface area contributed by atoms with Gasteiger partial charge in [0.2, 0.25) is 0 Å². The molecule has 0 amide bonds. The molecular formula is C14H14ClN3O. The molecule has 3 rings (SSSR count). The fourth-order valence-corrected chi connectivity index (χ4v) is 2.91. The number of aromatic nitrogens is 1. The number of nitrogens with zero attached hydrogens (tertiary/aromatic N) is 2. The van der Waals surface area contributed by atoms with E-state index < -0.39 is 0 Å². The molecule has 0 bridgehead atoms. The van der Waals surface area contributed by atoms with E-state index in [1.54, 1.807) is 0 Å². The highest BCUT2D eigenvalue weighted by atomic mass is 35.5. The normalized spacial score (nSPS) is 22.1. The number of hydrogen-bond donors (Lipinski definition) is 1. The van der Waals surface area contributed by atoms with Crippen molar-refractivity contribution in [1.82, 2.24) is 10.3 Å². The van der Waals surface area contributed by atoms with Crippen molar-refractivity contribution in [2.75, 3.05) is 13.1 Å². The molecule has 4 nitrogen and oxygen atoms in total. The van der Waals surface area contributed by atoms with Gasteiger partial charge in [-0.05, 0) is 26.1 Å². The maximum absolute atomic E-state index is 7.01. The molecule has 0 atom stereocenters. The van der Waals surface area contributed by atoms with E-state index in [1.807, 2.05) is 13.0 Å². The smallest absolute Gasteiger partial charge is 0.195 e. The van der Waals surface area contributed by atoms with Crippen LogP contribution in [0.4, 0.5) is 0 Å². The van der Waals surface area contributed by atoms with E-state index in [2.05, 4.69) is 15.1 Å². The number of ether oxygens (including phenoxy) is 1. The highest BCUT2D eigenvalue weighted by Crippen LogP contribution is 2.47. The summed E-state index contributed by atoms with van der Waals surface area (Å²) in [5.74, 6) is 0.598. The monoisotopic (exact) mass is 275 g/mol. The van der Waals surface area contributed by atoms with Crippen molar-refractivity contribution in [3.63, 3.8) is 0 Å². The largest absolute Gasteiger partial charge is 0.492 e. The number of aryl methyl sites for hydroxylation is 1. The van der Waals surface area contributed by atoms with Crippen molar-refractivity contribution in [3.8, 4) is 0 Å². The summed E-state index contributed by atoms with van der Waals surface area (Å²) in [5.41, 5.74) is 2.23. The number of rotatable bonds is 0. The number of hydrogen-bond acceptors (Lipinski definition) is 3. The Labute approximate surface area is 117 Å². The summed E-state index contributed by atoms with van der Waals surface area (Å²) in [4.78, 5) is 7.96. The molecule has 1 saturated heterocycles. The van der Waals surface area contributed by atoms with Gasteiger partial charge in [0.25, 0.3) is 0 Å². The lowest BCUT2D eigenvalue weighted by Gasteiger charge is -2.33. The van der Waals surface area contributed by atoms with Crippen LogP contribution in [0.25, 0.3) is 10.6 Å². The summed E-state index contributed by atoms with van der Waals surface area (Å²) in [6, 6.07) is 1.87. The minimum Gasteiger partial charge on any atom is -0.492 e. The van der Waals surface area contributed by atoms with Gasteiger partial charge in [-0.3, -0.25) is 4.98 Å². The van der Waals surface area contributed by atoms with E-state index in [-0.39, 0.29) is 5.60 Å². The van der Waals surface area contributed by atoms with E-state index in [0.29, 0.717) is 10.8 Å². The molecule has 0 aliphatic carbocycles. The second kappa shape index (κ2) is 4.52. The van der Waals surface area contributed by atoms with Crippen LogP contribution in [0.2, 0.25) is 5.02 Å². The summed E-state index contributed by atoms with van der Waals surface area (Å²) in [7, 11) is 0. The van der Waals surface area contributed by atoms with Crippen LogP contribution in [0.1, 0.15) is 29.8 Å². The van der Waals surface area contributed by atoms with Crippen LogP contribution in [-0.2, 0) is 10.3 Å². The van der Waals surface area contributed by atoms with Crippen molar-refractivity contribution in [3.05, 3.63) is 45.7 Å². The lowest BCUT2D eigenvalue weighted by atomic mass is 9.88. The van der Waals surface area contributed by atoms with Gasteiger partial charge in [0.05, 0.1) is 23.0 Å². The van der Waals surface area contributed by atoms with E-state index in [9.17, 15) is 0 Å². The minimum atomic E-state index is -0.382. The lowest BCUT2D eigenvalue weighted by Crippen LogP contribution is -2.40. The number of nitrogens with one attached hydrogen (secondary N) is 1. The Morgan fingerprint density at radius 1 is 1.53 bits per heavy atom. The molecule has 1 N–H and O–H groups in total. The van der Waals surface area contributed by atoms with E-state index in [0.717, 1.165) is 42.9 Å². The van der Waals surface area contributed by atoms with E-state index in [4.69, 9.17) is 22.9 Å². The van der Waals surface area contributed by atoms with Crippen LogP contribution >= 0.6 is 11.6 Å². The Bertz CT molecular complexity index is 597. The second-order valence-corrected chi connectivity index (χ2v) is 5.33. The second-order valence-electron chi connectivity index (χ2n) is 4.92. The Balaban J connectivity index is 2.18. The molecule has 2 aliphatic heterocycles. The fraction of sp³-hybridized carbons (Fsp3) is 0.429. The highest BCUT2D eigenvalue weighted by Gasteiger charge is 2.45. The third-order valence-corrected chi connectivity index (χ3v) is 4.13. The maximum atomic E-state index is 7.01. The molecule has 1 fully saturated rings. The summed E-state index contributed by atoms with van der Waals surface area (Å²) in [5, 5.41) is 3.94. The molecule has 0 aromatic carbocycles. The summed E-state index contributed by atoms with van der Waals surface area (Å²) in [6.07, 6.45) is 3.15. The van der Waals surface area contributed by atoms with Gasteiger partial charge in [-0.25, -0.2) is 4.85 Å². The van der Waals surface area contributed by atoms with Crippen molar-refractivity contribution >= 4 is 17.4 Å². The summed E-state index contributed by atoms with van der Waals surface area (Å²) in [6.45, 7) is 10.7. The van der Waals surface area contributed by atoms with Crippen LogP contribution in [0.5, 0.6) is 0 Å². The molecule has 1 aromatic heterocycles. The quantitative estimate of drug-likeness (QED) is 0.740. The first-order valence-electron chi connectivity index (χ1n) is 6.31. The Morgan fingerprint density at radius 3 is 2.95 bits per heavy atom. The zero-order valence-electron chi connectivity index (χ0n) is 10.7. The molecule has 3 heterocycles. The zero-order chi connectivity index (χ0) is 13.5. The van der Waals surface area contributed by atoms with Gasteiger partial charge in [-0.1, -0.05) is 11.6 Å². The molecule has 98 valence electrons. The molecule has 0 unspecified atom stereocenters. The van der Waals surface area contributed by atoms with Gasteiger partial charge < -0.3 is 10.1 Å². The van der Waals surface area contributed by atoms with Crippen molar-refractivity contribution < 1.29 is 4.74 Å². The van der Waals surface area contributed by atoms with Crippen LogP contribution < -0.4 is 5.32 Å². The summed E-state index contributed by atoms with van der Waals surface area (Å²) >= 11 is 6.15. The van der Waals surface area contributed by atoms with Gasteiger partial charge in [-0.15, -0.1) is 0 Å². The molecule has 5 heteroatoms. The highest BCUT2D eigenvalue weighted by molar-refractivity contribution is 6.31. The van der Waals surface area contributed by atoms with E-state index >= 15 is 0 Å². The first kappa shape index (κ1) is 12.5. The number of fused-ring (bicyclic) bond motifs is 2. The average Bonchev–Trinajstić information content (AvgIpc) is 2.66. The maximum Gasteiger partial charge on any atom is 0.195 e. The number of piperidine rings is 1. The average molecular weight is 276 g/mol. The summed E-state index contributed by atoms with van der Waals surface area (Å²) < 4.78 is 6.10. The number of halogens is 1. The van der Waals surface area contributed by atoms with Gasteiger partial charge in [0.15, 0.2) is 11.8 Å². The molecule has 0 radical (unpaired) electrons. The zero-order valence-corrected chi connectivity index (χ0v) is 11.4. The van der Waals surface area contributed by atoms with Crippen LogP contribution in [0.3, 0.4) is 0 Å². The van der Waals surface area contributed by atoms with Crippen LogP contribution in [-0.4, -0.2) is 18.1 Å². The minimum absolute atomic E-state index is 0.382. The van der Waals surface area contributed by atoms with Gasteiger partial charge in [-0.2, -0.15) is 0 Å². The standard InChI is InChI=1S/C14H14ClN3O/c1-9-11(15)7-10-12(8-16-2)19-14(13(10)18-9)3-5-17-6-4-14/h7-8,17H,3-6H2,1H3. The predicted octanol–water partition coefficient (Wildman–Crippen LogP) is 2.87. The molecule has 2 aliphatic rings. The third kappa shape index (κ3) is 1.90. The molecule has 19 heavy (non-hydrogen) atoms. The van der Waals surface area contributed by atoms with Gasteiger partial charge in [0.1, 0.15) is 5.76 Å². The Hall–Kier alpha value is -1.57. The topological polar surface area (TPSA) is 38.5 Å². The molecule has 1 spiro atoms. The lowest BCUT2D eigenvalue weighted by molar-refractivity contribution is 0.0170. The van der Waals surface area contributed by atoms with E-state index in [1.165, 1.54) is 6.20 Å². The first-order valence-corrected chi connectivity index (χ1v) is 6.68. The van der Waals surface area contributed by atoms with Gasteiger partial charge in [0, 0.05) is 18.4 Å². The van der Waals surface area contributed by atoms with Crippen LogP contribution in [0, 0.1) is 13.5 Å². The molecule has 0 saturated carbocycles. The number of pyridine rings is 1. The van der Waals surface area contributed by atoms with Crippen molar-refractivity contribution in [1.29, 1.82) is 0 Å². The predicted molar refractivity (Wildman–Crippen MR) is 73.4 cm³/mol. The SMILES string of the molecule is [C-]#[N+]C=C1OC2(CCNCC2)c2nc(C)c(Cl)cc21. The fourth-order valence-electron chi connectivity index (χ4n) is 2.75. The molecular weight excluding hydrogens is 262 g/mol. The van der Waals surface area contributed by atoms with Crippen molar-refractivity contribution in [2.45, 2.75) is 25.4 Å². The first-order chi connectivity index (χ1) is 9.16.